The van der Waals surface area contributed by atoms with Crippen LogP contribution in [0.2, 0.25) is 0 Å². The van der Waals surface area contributed by atoms with Crippen LogP contribution in [0.4, 0.5) is 0 Å². The third-order valence-corrected chi connectivity index (χ3v) is 1.44. The van der Waals surface area contributed by atoms with E-state index in [2.05, 4.69) is 19.2 Å². The smallest absolute Gasteiger partial charge is 0.693 e. The van der Waals surface area contributed by atoms with E-state index in [1.807, 2.05) is 0 Å². The zero-order valence-corrected chi connectivity index (χ0v) is 8.77. The number of rotatable bonds is 6. The molecule has 0 aromatic rings. The van der Waals surface area contributed by atoms with E-state index in [1.54, 1.807) is 0 Å². The molecule has 0 amide bonds. The van der Waals surface area contributed by atoms with Gasteiger partial charge in [0.15, 0.2) is 0 Å². The normalized spacial score (nSPS) is 11.2. The molecule has 4 heteroatoms. The molecule has 0 spiro atoms. The van der Waals surface area contributed by atoms with Crippen molar-refractivity contribution in [3.8, 4) is 0 Å². The van der Waals surface area contributed by atoms with Gasteiger partial charge in [0.05, 0.1) is 0 Å². The molecule has 5 N–H and O–H groups in total. The van der Waals surface area contributed by atoms with Gasteiger partial charge in [-0.05, 0) is 39.3 Å². The Hall–Kier alpha value is 0.477. The Morgan fingerprint density at radius 3 is 2.33 bits per heavy atom. The van der Waals surface area contributed by atoms with Crippen LogP contribution < -0.4 is 29.9 Å². The van der Waals surface area contributed by atoms with Gasteiger partial charge < -0.3 is 17.2 Å². The molecule has 0 saturated heterocycles. The average molecular weight is 167 g/mol. The van der Waals surface area contributed by atoms with Crippen LogP contribution in [0.1, 0.15) is 33.1 Å². The molecule has 12 heavy (non-hydrogen) atoms. The molecular weight excluding hydrogens is 145 g/mol. The third-order valence-electron chi connectivity index (χ3n) is 1.44. The molecule has 0 aromatic carbocycles. The van der Waals surface area contributed by atoms with Gasteiger partial charge in [-0.3, -0.25) is 0 Å². The maximum Gasteiger partial charge on any atom is 1.00 e. The van der Waals surface area contributed by atoms with Crippen LogP contribution in [-0.4, -0.2) is 19.1 Å². The summed E-state index contributed by atoms with van der Waals surface area (Å²) in [4.78, 5) is 0. The molecule has 0 radical (unpaired) electrons. The summed E-state index contributed by atoms with van der Waals surface area (Å²) in [7, 11) is 0. The van der Waals surface area contributed by atoms with E-state index in [0.717, 1.165) is 19.5 Å². The predicted octanol–water partition coefficient (Wildman–Crippen LogP) is -1.17. The van der Waals surface area contributed by atoms with Gasteiger partial charge in [0.25, 0.3) is 0 Å². The molecular formula is C8H22LiN3. The van der Waals surface area contributed by atoms with Crippen molar-refractivity contribution in [1.82, 2.24) is 5.32 Å². The van der Waals surface area contributed by atoms with E-state index in [4.69, 9.17) is 5.73 Å². The molecule has 70 valence electrons. The molecule has 3 nitrogen and oxygen atoms in total. The van der Waals surface area contributed by atoms with Crippen LogP contribution in [0.25, 0.3) is 6.15 Å². The second kappa shape index (κ2) is 14.0. The summed E-state index contributed by atoms with van der Waals surface area (Å²) < 4.78 is 0. The van der Waals surface area contributed by atoms with Crippen LogP contribution >= 0.6 is 0 Å². The van der Waals surface area contributed by atoms with E-state index in [1.165, 1.54) is 12.8 Å². The van der Waals surface area contributed by atoms with E-state index >= 15 is 0 Å². The topological polar surface area (TPSA) is 71.5 Å². The molecule has 0 rings (SSSR count). The van der Waals surface area contributed by atoms with Crippen LogP contribution in [0, 0.1) is 0 Å². The predicted molar refractivity (Wildman–Crippen MR) is 51.3 cm³/mol. The van der Waals surface area contributed by atoms with Crippen molar-refractivity contribution < 1.29 is 18.9 Å². The van der Waals surface area contributed by atoms with Gasteiger partial charge in [-0.2, -0.15) is 0 Å². The Morgan fingerprint density at radius 2 is 1.92 bits per heavy atom. The van der Waals surface area contributed by atoms with Crippen LogP contribution in [0.3, 0.4) is 0 Å². The Kier molecular flexibility index (Phi) is 21.4. The summed E-state index contributed by atoms with van der Waals surface area (Å²) in [6, 6.07) is 0.364. The van der Waals surface area contributed by atoms with Gasteiger partial charge in [0.2, 0.25) is 0 Å². The average Bonchev–Trinajstić information content (AvgIpc) is 1.87. The van der Waals surface area contributed by atoms with E-state index in [9.17, 15) is 0 Å². The summed E-state index contributed by atoms with van der Waals surface area (Å²) in [6.45, 7) is 6.49. The van der Waals surface area contributed by atoms with Crippen molar-refractivity contribution in [1.29, 1.82) is 0 Å². The van der Waals surface area contributed by atoms with Gasteiger partial charge in [-0.25, -0.2) is 0 Å². The summed E-state index contributed by atoms with van der Waals surface area (Å²) in [6.07, 6.45) is 3.56. The summed E-state index contributed by atoms with van der Waals surface area (Å²) in [5.41, 5.74) is 5.58. The summed E-state index contributed by atoms with van der Waals surface area (Å²) in [5.74, 6) is 0. The van der Waals surface area contributed by atoms with Gasteiger partial charge in [0.1, 0.15) is 0 Å². The fourth-order valence-electron chi connectivity index (χ4n) is 0.851. The second-order valence-electron chi connectivity index (χ2n) is 2.87. The molecule has 0 aromatic heterocycles. The molecule has 0 saturated carbocycles. The number of hydrogen-bond acceptors (Lipinski definition) is 2. The van der Waals surface area contributed by atoms with Gasteiger partial charge in [-0.15, -0.1) is 0 Å². The zero-order valence-electron chi connectivity index (χ0n) is 8.77. The SMILES string of the molecule is CCCNCCCC(C)N.[Li+].[NH2-]. The number of hydrogen-bond donors (Lipinski definition) is 2. The third kappa shape index (κ3) is 16.8. The fourth-order valence-corrected chi connectivity index (χ4v) is 0.851. The monoisotopic (exact) mass is 167 g/mol. The summed E-state index contributed by atoms with van der Waals surface area (Å²) >= 11 is 0. The van der Waals surface area contributed by atoms with Crippen molar-refractivity contribution in [3.05, 3.63) is 6.15 Å². The van der Waals surface area contributed by atoms with Gasteiger partial charge in [0, 0.05) is 6.04 Å². The number of nitrogens with one attached hydrogen (secondary N) is 1. The Bertz CT molecular complexity index is 69.3. The minimum atomic E-state index is 0. The molecule has 0 bridgehead atoms. The van der Waals surface area contributed by atoms with E-state index < -0.39 is 0 Å². The largest absolute Gasteiger partial charge is 1.00 e. The molecule has 0 fully saturated rings. The van der Waals surface area contributed by atoms with Gasteiger partial charge >= 0.3 is 18.9 Å². The molecule has 0 aliphatic heterocycles. The van der Waals surface area contributed by atoms with Crippen molar-refractivity contribution in [3.63, 3.8) is 0 Å². The molecule has 0 aliphatic rings. The standard InChI is InChI=1S/C8H20N2.Li.H2N/c1-3-6-10-7-4-5-8(2)9;;/h8,10H,3-7,9H2,1-2H3;;1H2/q;+1;-1. The zero-order chi connectivity index (χ0) is 7.82. The van der Waals surface area contributed by atoms with E-state index in [-0.39, 0.29) is 25.0 Å². The van der Waals surface area contributed by atoms with Crippen molar-refractivity contribution in [2.24, 2.45) is 5.73 Å². The van der Waals surface area contributed by atoms with Crippen molar-refractivity contribution >= 4 is 0 Å². The van der Waals surface area contributed by atoms with Crippen molar-refractivity contribution in [2.45, 2.75) is 39.2 Å². The molecule has 0 heterocycles. The first-order valence-electron chi connectivity index (χ1n) is 4.23. The first kappa shape index (κ1) is 18.3. The van der Waals surface area contributed by atoms with Crippen LogP contribution in [-0.2, 0) is 0 Å². The van der Waals surface area contributed by atoms with Gasteiger partial charge in [-0.1, -0.05) is 6.92 Å². The Morgan fingerprint density at radius 1 is 1.33 bits per heavy atom. The minimum Gasteiger partial charge on any atom is -0.693 e. The molecule has 0 aliphatic carbocycles. The maximum atomic E-state index is 5.58. The molecule has 1 atom stereocenters. The second-order valence-corrected chi connectivity index (χ2v) is 2.87. The first-order valence-corrected chi connectivity index (χ1v) is 4.23. The number of nitrogens with two attached hydrogens (primary N) is 2. The van der Waals surface area contributed by atoms with Crippen molar-refractivity contribution in [2.75, 3.05) is 13.1 Å². The fraction of sp³-hybridized carbons (Fsp3) is 1.00. The Balaban J connectivity index is -0.000000405. The van der Waals surface area contributed by atoms with Crippen LogP contribution in [0.5, 0.6) is 0 Å². The maximum absolute atomic E-state index is 5.58. The summed E-state index contributed by atoms with van der Waals surface area (Å²) in [5, 5.41) is 3.33. The molecule has 1 unspecified atom stereocenters. The minimum absolute atomic E-state index is 0. The quantitative estimate of drug-likeness (QED) is 0.386. The van der Waals surface area contributed by atoms with E-state index in [0.29, 0.717) is 6.04 Å². The van der Waals surface area contributed by atoms with Crippen LogP contribution in [0.15, 0.2) is 0 Å². The first-order chi connectivity index (χ1) is 4.77. The Labute approximate surface area is 88.6 Å².